The normalized spacial score (nSPS) is 10.9. The summed E-state index contributed by atoms with van der Waals surface area (Å²) in [4.78, 5) is 18.7. The third-order valence-electron chi connectivity index (χ3n) is 4.24. The number of hydrogen-bond acceptors (Lipinski definition) is 8. The molecule has 0 saturated carbocycles. The van der Waals surface area contributed by atoms with Crippen molar-refractivity contribution < 1.29 is 23.8 Å². The average molecular weight is 447 g/mol. The standard InChI is InChI=1S/C19H12Cl2N4O5/c1-28-9-2-3-10-11(4-9)17(18-23-16(8-29-18)30-19(26)27)25-24-15(10)5-12-13(20)6-22-7-14(12)21/h2-4,6-8H,5H2,1H3,(H,26,27). The Morgan fingerprint density at radius 2 is 1.93 bits per heavy atom. The van der Waals surface area contributed by atoms with E-state index >= 15 is 0 Å². The van der Waals surface area contributed by atoms with Crippen LogP contribution in [0.2, 0.25) is 10.0 Å². The summed E-state index contributed by atoms with van der Waals surface area (Å²) < 4.78 is 15.2. The van der Waals surface area contributed by atoms with Gasteiger partial charge in [-0.1, -0.05) is 23.2 Å². The van der Waals surface area contributed by atoms with Gasteiger partial charge in [0.05, 0.1) is 22.8 Å². The van der Waals surface area contributed by atoms with Crippen molar-refractivity contribution in [2.24, 2.45) is 0 Å². The molecule has 3 aromatic heterocycles. The van der Waals surface area contributed by atoms with Crippen molar-refractivity contribution in [3.63, 3.8) is 0 Å². The Kier molecular flexibility index (Phi) is 5.39. The molecule has 0 aliphatic heterocycles. The first kappa shape index (κ1) is 19.9. The van der Waals surface area contributed by atoms with Gasteiger partial charge in [0.25, 0.3) is 11.8 Å². The molecular weight excluding hydrogens is 435 g/mol. The number of benzene rings is 1. The van der Waals surface area contributed by atoms with E-state index in [1.54, 1.807) is 12.1 Å². The molecule has 0 unspecified atom stereocenters. The van der Waals surface area contributed by atoms with Gasteiger partial charge in [-0.2, -0.15) is 10.1 Å². The Hall–Kier alpha value is -3.43. The molecule has 0 atom stereocenters. The van der Waals surface area contributed by atoms with Gasteiger partial charge in [0.2, 0.25) is 0 Å². The second-order valence-electron chi connectivity index (χ2n) is 6.02. The molecule has 3 heterocycles. The number of ether oxygens (including phenoxy) is 2. The van der Waals surface area contributed by atoms with Gasteiger partial charge in [0.1, 0.15) is 5.75 Å². The van der Waals surface area contributed by atoms with E-state index in [0.29, 0.717) is 44.6 Å². The predicted molar refractivity (Wildman–Crippen MR) is 107 cm³/mol. The van der Waals surface area contributed by atoms with Crippen LogP contribution >= 0.6 is 23.2 Å². The van der Waals surface area contributed by atoms with Crippen LogP contribution in [0.4, 0.5) is 4.79 Å². The van der Waals surface area contributed by atoms with E-state index in [1.807, 2.05) is 6.07 Å². The Bertz CT molecular complexity index is 1240. The summed E-state index contributed by atoms with van der Waals surface area (Å²) in [6, 6.07) is 5.35. The Labute approximate surface area is 179 Å². The van der Waals surface area contributed by atoms with E-state index in [9.17, 15) is 4.79 Å². The highest BCUT2D eigenvalue weighted by atomic mass is 35.5. The SMILES string of the molecule is COc1ccc2c(Cc3c(Cl)cncc3Cl)nnc(-c3nc(OC(=O)O)co3)c2c1. The summed E-state index contributed by atoms with van der Waals surface area (Å²) in [5.41, 5.74) is 1.57. The number of halogens is 2. The number of rotatable bonds is 5. The number of carbonyl (C=O) groups is 1. The molecule has 9 nitrogen and oxygen atoms in total. The fraction of sp³-hybridized carbons (Fsp3) is 0.105. The predicted octanol–water partition coefficient (Wildman–Crippen LogP) is 4.64. The maximum Gasteiger partial charge on any atom is 0.512 e. The molecule has 1 N–H and O–H groups in total. The summed E-state index contributed by atoms with van der Waals surface area (Å²) in [5, 5.41) is 19.5. The number of oxazole rings is 1. The minimum absolute atomic E-state index is 0.0449. The Balaban J connectivity index is 1.84. The van der Waals surface area contributed by atoms with Crippen LogP contribution in [0, 0.1) is 0 Å². The van der Waals surface area contributed by atoms with Crippen molar-refractivity contribution in [3.8, 4) is 23.2 Å². The van der Waals surface area contributed by atoms with E-state index < -0.39 is 6.16 Å². The summed E-state index contributed by atoms with van der Waals surface area (Å²) in [5.74, 6) is 0.412. The van der Waals surface area contributed by atoms with Crippen LogP contribution < -0.4 is 9.47 Å². The van der Waals surface area contributed by atoms with Gasteiger partial charge < -0.3 is 19.0 Å². The highest BCUT2D eigenvalue weighted by Crippen LogP contribution is 2.33. The molecule has 4 aromatic rings. The van der Waals surface area contributed by atoms with Crippen LogP contribution in [-0.4, -0.2) is 38.5 Å². The van der Waals surface area contributed by atoms with Gasteiger partial charge in [-0.05, 0) is 23.8 Å². The minimum atomic E-state index is -1.51. The molecule has 0 amide bonds. The molecule has 152 valence electrons. The number of nitrogens with zero attached hydrogens (tertiary/aromatic N) is 4. The van der Waals surface area contributed by atoms with Crippen molar-refractivity contribution in [1.29, 1.82) is 0 Å². The first-order valence-corrected chi connectivity index (χ1v) is 9.19. The topological polar surface area (TPSA) is 120 Å². The summed E-state index contributed by atoms with van der Waals surface area (Å²) in [6.45, 7) is 0. The quantitative estimate of drug-likeness (QED) is 0.436. The smallest absolute Gasteiger partial charge is 0.497 e. The van der Waals surface area contributed by atoms with Crippen molar-refractivity contribution in [3.05, 3.63) is 58.2 Å². The van der Waals surface area contributed by atoms with E-state index in [4.69, 9.17) is 37.5 Å². The highest BCUT2D eigenvalue weighted by molar-refractivity contribution is 6.35. The summed E-state index contributed by atoms with van der Waals surface area (Å²) in [7, 11) is 1.54. The van der Waals surface area contributed by atoms with E-state index in [0.717, 1.165) is 11.6 Å². The van der Waals surface area contributed by atoms with Crippen LogP contribution in [-0.2, 0) is 6.42 Å². The zero-order valence-electron chi connectivity index (χ0n) is 15.3. The Morgan fingerprint density at radius 1 is 1.17 bits per heavy atom. The fourth-order valence-electron chi connectivity index (χ4n) is 2.88. The van der Waals surface area contributed by atoms with Crippen LogP contribution in [0.1, 0.15) is 11.3 Å². The van der Waals surface area contributed by atoms with Crippen molar-refractivity contribution in [1.82, 2.24) is 20.2 Å². The molecule has 4 rings (SSSR count). The molecule has 0 fully saturated rings. The first-order chi connectivity index (χ1) is 14.5. The third kappa shape index (κ3) is 3.85. The zero-order chi connectivity index (χ0) is 21.3. The van der Waals surface area contributed by atoms with Crippen molar-refractivity contribution >= 4 is 40.1 Å². The van der Waals surface area contributed by atoms with Gasteiger partial charge >= 0.3 is 6.16 Å². The van der Waals surface area contributed by atoms with Gasteiger partial charge in [-0.25, -0.2) is 4.79 Å². The van der Waals surface area contributed by atoms with Crippen LogP contribution in [0.25, 0.3) is 22.4 Å². The first-order valence-electron chi connectivity index (χ1n) is 8.44. The van der Waals surface area contributed by atoms with Crippen molar-refractivity contribution in [2.75, 3.05) is 7.11 Å². The highest BCUT2D eigenvalue weighted by Gasteiger charge is 2.19. The molecule has 11 heteroatoms. The minimum Gasteiger partial charge on any atom is -0.497 e. The lowest BCUT2D eigenvalue weighted by Crippen LogP contribution is -2.03. The molecule has 0 bridgehead atoms. The molecule has 0 saturated heterocycles. The number of pyridine rings is 1. The second-order valence-corrected chi connectivity index (χ2v) is 6.84. The van der Waals surface area contributed by atoms with Crippen LogP contribution in [0.5, 0.6) is 11.6 Å². The van der Waals surface area contributed by atoms with Crippen LogP contribution in [0.3, 0.4) is 0 Å². The number of carboxylic acid groups (broad SMARTS) is 1. The third-order valence-corrected chi connectivity index (χ3v) is 4.89. The number of methoxy groups -OCH3 is 1. The van der Waals surface area contributed by atoms with Gasteiger partial charge in [0.15, 0.2) is 12.0 Å². The maximum absolute atomic E-state index is 10.7. The summed E-state index contributed by atoms with van der Waals surface area (Å²) >= 11 is 12.5. The van der Waals surface area contributed by atoms with E-state index in [-0.39, 0.29) is 11.8 Å². The molecule has 0 aliphatic rings. The monoisotopic (exact) mass is 446 g/mol. The van der Waals surface area contributed by atoms with Crippen LogP contribution in [0.15, 0.2) is 41.3 Å². The number of aromatic nitrogens is 4. The number of hydrogen-bond donors (Lipinski definition) is 1. The molecule has 0 spiro atoms. The van der Waals surface area contributed by atoms with E-state index in [2.05, 4.69) is 24.9 Å². The maximum atomic E-state index is 10.7. The molecular formula is C19H12Cl2N4O5. The molecule has 30 heavy (non-hydrogen) atoms. The fourth-order valence-corrected chi connectivity index (χ4v) is 3.38. The number of fused-ring (bicyclic) bond motifs is 1. The average Bonchev–Trinajstić information content (AvgIpc) is 3.17. The Morgan fingerprint density at radius 3 is 2.63 bits per heavy atom. The van der Waals surface area contributed by atoms with E-state index in [1.165, 1.54) is 19.5 Å². The van der Waals surface area contributed by atoms with Gasteiger partial charge in [0, 0.05) is 29.6 Å². The lowest BCUT2D eigenvalue weighted by Gasteiger charge is -2.11. The lowest BCUT2D eigenvalue weighted by molar-refractivity contribution is 0.142. The molecule has 0 aliphatic carbocycles. The molecule has 1 aromatic carbocycles. The zero-order valence-corrected chi connectivity index (χ0v) is 16.8. The lowest BCUT2D eigenvalue weighted by atomic mass is 10.0. The van der Waals surface area contributed by atoms with Gasteiger partial charge in [-0.15, -0.1) is 5.10 Å². The molecule has 0 radical (unpaired) electrons. The largest absolute Gasteiger partial charge is 0.512 e. The van der Waals surface area contributed by atoms with Gasteiger partial charge in [-0.3, -0.25) is 4.98 Å². The summed E-state index contributed by atoms with van der Waals surface area (Å²) in [6.07, 6.45) is 2.89. The van der Waals surface area contributed by atoms with Crippen molar-refractivity contribution in [2.45, 2.75) is 6.42 Å². The second kappa shape index (κ2) is 8.13.